The van der Waals surface area contributed by atoms with E-state index < -0.39 is 11.9 Å². The first-order valence-corrected chi connectivity index (χ1v) is 10.3. The average molecular weight is 471 g/mol. The number of benzene rings is 1. The van der Waals surface area contributed by atoms with E-state index in [0.29, 0.717) is 45.0 Å². The molecule has 2 N–H and O–H groups in total. The second-order valence-electron chi connectivity index (χ2n) is 7.95. The van der Waals surface area contributed by atoms with Gasteiger partial charge in [0.15, 0.2) is 5.69 Å². The minimum atomic E-state index is -4.63. The molecule has 1 aromatic carbocycles. The summed E-state index contributed by atoms with van der Waals surface area (Å²) in [6.45, 7) is 5.32. The Bertz CT molecular complexity index is 1540. The van der Waals surface area contributed by atoms with Crippen LogP contribution in [0.1, 0.15) is 23.0 Å². The normalized spacial score (nSPS) is 12.1. The van der Waals surface area contributed by atoms with E-state index in [0.717, 1.165) is 15.8 Å². The van der Waals surface area contributed by atoms with Crippen molar-refractivity contribution in [2.75, 3.05) is 12.4 Å². The standard InChI is InChI=1S/C22H20F3N7O2/c1-9-17(10(2)34-31-9)13-6-14-12(7-16(13)33-5)18-20(28-14)26-11(3)27-21(18)29-15-8-32(4)30-19(15)22(23,24)25/h6-8H,1-5H3,(H2,26,27,28,29). The summed E-state index contributed by atoms with van der Waals surface area (Å²) in [4.78, 5) is 12.1. The molecule has 0 spiro atoms. The van der Waals surface area contributed by atoms with Crippen LogP contribution in [0.3, 0.4) is 0 Å². The van der Waals surface area contributed by atoms with Gasteiger partial charge in [-0.2, -0.15) is 18.3 Å². The highest BCUT2D eigenvalue weighted by atomic mass is 19.4. The molecular formula is C22H20F3N7O2. The van der Waals surface area contributed by atoms with Crippen molar-refractivity contribution >= 4 is 33.4 Å². The number of fused-ring (bicyclic) bond motifs is 3. The second kappa shape index (κ2) is 7.47. The first kappa shape index (κ1) is 21.7. The molecule has 0 amide bonds. The van der Waals surface area contributed by atoms with Crippen molar-refractivity contribution in [2.45, 2.75) is 26.9 Å². The molecule has 34 heavy (non-hydrogen) atoms. The summed E-state index contributed by atoms with van der Waals surface area (Å²) in [6, 6.07) is 3.68. The lowest BCUT2D eigenvalue weighted by Gasteiger charge is -2.11. The second-order valence-corrected chi connectivity index (χ2v) is 7.95. The Labute approximate surface area is 190 Å². The van der Waals surface area contributed by atoms with Crippen LogP contribution in [-0.4, -0.2) is 37.0 Å². The van der Waals surface area contributed by atoms with Gasteiger partial charge in [-0.05, 0) is 32.9 Å². The van der Waals surface area contributed by atoms with Gasteiger partial charge in [-0.25, -0.2) is 9.97 Å². The summed E-state index contributed by atoms with van der Waals surface area (Å²) in [6.07, 6.45) is -3.37. The van der Waals surface area contributed by atoms with Crippen molar-refractivity contribution < 1.29 is 22.4 Å². The minimum absolute atomic E-state index is 0.206. The highest BCUT2D eigenvalue weighted by Crippen LogP contribution is 2.42. The van der Waals surface area contributed by atoms with Gasteiger partial charge in [0.05, 0.1) is 29.4 Å². The van der Waals surface area contributed by atoms with Crippen LogP contribution in [0.4, 0.5) is 24.7 Å². The summed E-state index contributed by atoms with van der Waals surface area (Å²) in [5.74, 6) is 1.79. The van der Waals surface area contributed by atoms with Crippen molar-refractivity contribution in [3.05, 3.63) is 41.3 Å². The third kappa shape index (κ3) is 3.42. The van der Waals surface area contributed by atoms with Crippen molar-refractivity contribution in [1.29, 1.82) is 0 Å². The van der Waals surface area contributed by atoms with Crippen LogP contribution >= 0.6 is 0 Å². The smallest absolute Gasteiger partial charge is 0.437 e. The molecule has 9 nitrogen and oxygen atoms in total. The number of anilines is 2. The monoisotopic (exact) mass is 471 g/mol. The molecule has 12 heteroatoms. The Hall–Kier alpha value is -4.09. The lowest BCUT2D eigenvalue weighted by Crippen LogP contribution is -2.10. The molecule has 0 saturated carbocycles. The molecular weight excluding hydrogens is 451 g/mol. The molecule has 0 aliphatic rings. The van der Waals surface area contributed by atoms with Gasteiger partial charge in [0, 0.05) is 29.7 Å². The maximum absolute atomic E-state index is 13.5. The topological polar surface area (TPSA) is 107 Å². The third-order valence-electron chi connectivity index (χ3n) is 5.54. The molecule has 0 saturated heterocycles. The number of alkyl halides is 3. The van der Waals surface area contributed by atoms with Gasteiger partial charge in [-0.1, -0.05) is 5.16 Å². The van der Waals surface area contributed by atoms with Gasteiger partial charge in [0.25, 0.3) is 0 Å². The van der Waals surface area contributed by atoms with E-state index in [4.69, 9.17) is 9.26 Å². The van der Waals surface area contributed by atoms with E-state index in [1.807, 2.05) is 19.9 Å². The highest BCUT2D eigenvalue weighted by Gasteiger charge is 2.37. The number of ether oxygens (including phenoxy) is 1. The predicted molar refractivity (Wildman–Crippen MR) is 119 cm³/mol. The molecule has 5 rings (SSSR count). The summed E-state index contributed by atoms with van der Waals surface area (Å²) >= 11 is 0. The van der Waals surface area contributed by atoms with E-state index in [9.17, 15) is 13.2 Å². The SMILES string of the molecule is COc1cc2c(cc1-c1c(C)noc1C)[nH]c1nc(C)nc(Nc3cn(C)nc3C(F)(F)F)c12. The van der Waals surface area contributed by atoms with Crippen molar-refractivity contribution in [3.8, 4) is 16.9 Å². The zero-order valence-corrected chi connectivity index (χ0v) is 18.9. The van der Waals surface area contributed by atoms with Gasteiger partial charge in [-0.15, -0.1) is 0 Å². The van der Waals surface area contributed by atoms with Crippen molar-refractivity contribution in [2.24, 2.45) is 7.05 Å². The van der Waals surface area contributed by atoms with E-state index in [2.05, 4.69) is 30.5 Å². The summed E-state index contributed by atoms with van der Waals surface area (Å²) < 4.78 is 52.6. The Morgan fingerprint density at radius 1 is 1.15 bits per heavy atom. The average Bonchev–Trinajstić information content (AvgIpc) is 3.40. The molecule has 0 bridgehead atoms. The quantitative estimate of drug-likeness (QED) is 0.371. The number of nitrogens with zero attached hydrogens (tertiary/aromatic N) is 5. The lowest BCUT2D eigenvalue weighted by atomic mass is 10.0. The molecule has 4 heterocycles. The van der Waals surface area contributed by atoms with Crippen LogP contribution in [0, 0.1) is 20.8 Å². The predicted octanol–water partition coefficient (Wildman–Crippen LogP) is 5.20. The maximum atomic E-state index is 13.5. The van der Waals surface area contributed by atoms with Crippen LogP contribution < -0.4 is 10.1 Å². The van der Waals surface area contributed by atoms with E-state index >= 15 is 0 Å². The fourth-order valence-electron chi connectivity index (χ4n) is 4.17. The summed E-state index contributed by atoms with van der Waals surface area (Å²) in [5, 5.41) is 11.6. The van der Waals surface area contributed by atoms with Crippen molar-refractivity contribution in [1.82, 2.24) is 29.9 Å². The zero-order chi connectivity index (χ0) is 24.4. The molecule has 0 fully saturated rings. The molecule has 0 radical (unpaired) electrons. The number of H-pyrrole nitrogens is 1. The third-order valence-corrected chi connectivity index (χ3v) is 5.54. The molecule has 5 aromatic rings. The Kier molecular flexibility index (Phi) is 4.78. The fraction of sp³-hybridized carbons (Fsp3) is 0.273. The van der Waals surface area contributed by atoms with E-state index in [1.54, 1.807) is 20.1 Å². The molecule has 0 aliphatic heterocycles. The molecule has 4 aromatic heterocycles. The van der Waals surface area contributed by atoms with E-state index in [1.165, 1.54) is 13.2 Å². The number of methoxy groups -OCH3 is 1. The first-order valence-electron chi connectivity index (χ1n) is 10.3. The molecule has 0 atom stereocenters. The van der Waals surface area contributed by atoms with Crippen molar-refractivity contribution in [3.63, 3.8) is 0 Å². The van der Waals surface area contributed by atoms with Crippen LogP contribution in [0.25, 0.3) is 33.1 Å². The molecule has 0 aliphatic carbocycles. The van der Waals surface area contributed by atoms with Gasteiger partial charge in [-0.3, -0.25) is 4.68 Å². The lowest BCUT2D eigenvalue weighted by molar-refractivity contribution is -0.140. The number of hydrogen-bond donors (Lipinski definition) is 2. The molecule has 0 unspecified atom stereocenters. The number of halogens is 3. The number of aromatic amines is 1. The zero-order valence-electron chi connectivity index (χ0n) is 18.9. The number of nitrogens with one attached hydrogen (secondary N) is 2. The maximum Gasteiger partial charge on any atom is 0.437 e. The van der Waals surface area contributed by atoms with E-state index in [-0.39, 0.29) is 11.5 Å². The van der Waals surface area contributed by atoms with Crippen LogP contribution in [0.2, 0.25) is 0 Å². The number of hydrogen-bond acceptors (Lipinski definition) is 7. The number of aromatic nitrogens is 6. The minimum Gasteiger partial charge on any atom is -0.496 e. The van der Waals surface area contributed by atoms with Crippen LogP contribution in [-0.2, 0) is 13.2 Å². The van der Waals surface area contributed by atoms with Gasteiger partial charge in [0.2, 0.25) is 0 Å². The number of rotatable bonds is 4. The van der Waals surface area contributed by atoms with Crippen LogP contribution in [0.15, 0.2) is 22.9 Å². The summed E-state index contributed by atoms with van der Waals surface area (Å²) in [7, 11) is 2.97. The Morgan fingerprint density at radius 3 is 2.56 bits per heavy atom. The van der Waals surface area contributed by atoms with Crippen LogP contribution in [0.5, 0.6) is 5.75 Å². The number of aryl methyl sites for hydroxylation is 4. The summed E-state index contributed by atoms with van der Waals surface area (Å²) in [5.41, 5.74) is 2.23. The van der Waals surface area contributed by atoms with Gasteiger partial charge in [0.1, 0.15) is 28.8 Å². The van der Waals surface area contributed by atoms with Gasteiger partial charge < -0.3 is 19.6 Å². The molecule has 176 valence electrons. The van der Waals surface area contributed by atoms with Gasteiger partial charge >= 0.3 is 6.18 Å². The highest BCUT2D eigenvalue weighted by molar-refractivity contribution is 6.13. The Morgan fingerprint density at radius 2 is 1.91 bits per heavy atom. The Balaban J connectivity index is 1.75. The largest absolute Gasteiger partial charge is 0.496 e. The first-order chi connectivity index (χ1) is 16.1. The fourth-order valence-corrected chi connectivity index (χ4v) is 4.17.